The summed E-state index contributed by atoms with van der Waals surface area (Å²) < 4.78 is 5.18. The van der Waals surface area contributed by atoms with Crippen LogP contribution in [0.15, 0.2) is 30.3 Å². The molecule has 0 bridgehead atoms. The van der Waals surface area contributed by atoms with Crippen molar-refractivity contribution in [2.24, 2.45) is 5.73 Å². The van der Waals surface area contributed by atoms with Crippen LogP contribution in [0, 0.1) is 0 Å². The van der Waals surface area contributed by atoms with E-state index in [2.05, 4.69) is 20.9 Å². The Hall–Kier alpha value is -2.62. The molecule has 3 rings (SSSR count). The standard InChI is InChI=1S/C19H25N5O3S/c1-27-14-4-2-13(3-5-14)16-12-15(18(28-16)23-19(20)26)17(25)22-8-11-24-9-6-21-7-10-24/h2-5,12,21H,6-11H2,1H3,(H,22,25)(H3,20,23,26). The lowest BCUT2D eigenvalue weighted by Gasteiger charge is -2.27. The van der Waals surface area contributed by atoms with E-state index in [-0.39, 0.29) is 5.91 Å². The fourth-order valence-electron chi connectivity index (χ4n) is 3.02. The number of urea groups is 1. The van der Waals surface area contributed by atoms with Crippen LogP contribution in [0.25, 0.3) is 10.4 Å². The van der Waals surface area contributed by atoms with Gasteiger partial charge < -0.3 is 21.1 Å². The van der Waals surface area contributed by atoms with Crippen LogP contribution < -0.4 is 26.4 Å². The molecule has 0 aliphatic carbocycles. The lowest BCUT2D eigenvalue weighted by molar-refractivity contribution is 0.0948. The first-order valence-electron chi connectivity index (χ1n) is 9.13. The van der Waals surface area contributed by atoms with Crippen molar-refractivity contribution in [2.75, 3.05) is 51.7 Å². The SMILES string of the molecule is COc1ccc(-c2cc(C(=O)NCCN3CCNCC3)c(NC(N)=O)s2)cc1. The first kappa shape index (κ1) is 20.1. The second-order valence-corrected chi connectivity index (χ2v) is 7.47. The third-order valence-electron chi connectivity index (χ3n) is 4.51. The van der Waals surface area contributed by atoms with Crippen LogP contribution in [-0.2, 0) is 0 Å². The maximum atomic E-state index is 12.7. The van der Waals surface area contributed by atoms with Gasteiger partial charge in [0, 0.05) is 44.1 Å². The van der Waals surface area contributed by atoms with Crippen molar-refractivity contribution in [3.8, 4) is 16.2 Å². The van der Waals surface area contributed by atoms with Crippen LogP contribution in [-0.4, -0.2) is 63.2 Å². The third kappa shape index (κ3) is 5.22. The number of methoxy groups -OCH3 is 1. The number of nitrogens with one attached hydrogen (secondary N) is 3. The summed E-state index contributed by atoms with van der Waals surface area (Å²) in [4.78, 5) is 27.2. The van der Waals surface area contributed by atoms with Crippen molar-refractivity contribution < 1.29 is 14.3 Å². The fourth-order valence-corrected chi connectivity index (χ4v) is 4.08. The molecule has 150 valence electrons. The van der Waals surface area contributed by atoms with E-state index in [0.717, 1.165) is 48.9 Å². The smallest absolute Gasteiger partial charge is 0.317 e. The number of primary amides is 1. The molecule has 0 saturated carbocycles. The second-order valence-electron chi connectivity index (χ2n) is 6.42. The molecule has 3 amide bonds. The van der Waals surface area contributed by atoms with E-state index in [1.165, 1.54) is 11.3 Å². The lowest BCUT2D eigenvalue weighted by Crippen LogP contribution is -2.46. The summed E-state index contributed by atoms with van der Waals surface area (Å²) in [6, 6.07) is 8.60. The van der Waals surface area contributed by atoms with Crippen LogP contribution in [0.2, 0.25) is 0 Å². The van der Waals surface area contributed by atoms with E-state index in [0.29, 0.717) is 17.1 Å². The van der Waals surface area contributed by atoms with Crippen molar-refractivity contribution >= 4 is 28.3 Å². The lowest BCUT2D eigenvalue weighted by atomic mass is 10.1. The first-order chi connectivity index (χ1) is 13.6. The minimum absolute atomic E-state index is 0.227. The van der Waals surface area contributed by atoms with Crippen molar-refractivity contribution in [1.29, 1.82) is 0 Å². The summed E-state index contributed by atoms with van der Waals surface area (Å²) in [7, 11) is 1.61. The Morgan fingerprint density at radius 2 is 1.96 bits per heavy atom. The van der Waals surface area contributed by atoms with Gasteiger partial charge in [0.25, 0.3) is 5.91 Å². The maximum Gasteiger partial charge on any atom is 0.317 e. The summed E-state index contributed by atoms with van der Waals surface area (Å²) in [5.74, 6) is 0.525. The molecule has 0 atom stereocenters. The Labute approximate surface area is 168 Å². The minimum atomic E-state index is -0.696. The topological polar surface area (TPSA) is 109 Å². The maximum absolute atomic E-state index is 12.7. The number of benzene rings is 1. The molecular formula is C19H25N5O3S. The largest absolute Gasteiger partial charge is 0.497 e. The number of rotatable bonds is 7. The normalized spacial score (nSPS) is 14.5. The van der Waals surface area contributed by atoms with Gasteiger partial charge in [-0.2, -0.15) is 0 Å². The highest BCUT2D eigenvalue weighted by atomic mass is 32.1. The number of anilines is 1. The first-order valence-corrected chi connectivity index (χ1v) is 9.94. The monoisotopic (exact) mass is 403 g/mol. The number of carbonyl (C=O) groups excluding carboxylic acids is 2. The number of nitrogens with zero attached hydrogens (tertiary/aromatic N) is 1. The van der Waals surface area contributed by atoms with Crippen LogP contribution in [0.3, 0.4) is 0 Å². The Balaban J connectivity index is 1.70. The molecule has 1 fully saturated rings. The second kappa shape index (κ2) is 9.54. The average Bonchev–Trinajstić information content (AvgIpc) is 3.12. The van der Waals surface area contributed by atoms with Crippen molar-refractivity contribution in [2.45, 2.75) is 0 Å². The van der Waals surface area contributed by atoms with Gasteiger partial charge >= 0.3 is 6.03 Å². The summed E-state index contributed by atoms with van der Waals surface area (Å²) in [5.41, 5.74) is 6.61. The highest BCUT2D eigenvalue weighted by Gasteiger charge is 2.18. The minimum Gasteiger partial charge on any atom is -0.497 e. The summed E-state index contributed by atoms with van der Waals surface area (Å²) in [6.07, 6.45) is 0. The number of amides is 3. The molecule has 9 heteroatoms. The highest BCUT2D eigenvalue weighted by molar-refractivity contribution is 7.20. The molecule has 8 nitrogen and oxygen atoms in total. The van der Waals surface area contributed by atoms with Gasteiger partial charge in [-0.1, -0.05) is 0 Å². The molecule has 1 aromatic carbocycles. The van der Waals surface area contributed by atoms with E-state index in [9.17, 15) is 9.59 Å². The molecule has 2 heterocycles. The Kier molecular flexibility index (Phi) is 6.85. The quantitative estimate of drug-likeness (QED) is 0.561. The predicted molar refractivity (Wildman–Crippen MR) is 111 cm³/mol. The average molecular weight is 404 g/mol. The van der Waals surface area contributed by atoms with Crippen LogP contribution >= 0.6 is 11.3 Å². The van der Waals surface area contributed by atoms with Gasteiger partial charge in [-0.15, -0.1) is 11.3 Å². The van der Waals surface area contributed by atoms with Gasteiger partial charge in [-0.3, -0.25) is 15.0 Å². The van der Waals surface area contributed by atoms with Gasteiger partial charge in [0.2, 0.25) is 0 Å². The van der Waals surface area contributed by atoms with Crippen LogP contribution in [0.1, 0.15) is 10.4 Å². The van der Waals surface area contributed by atoms with E-state index in [4.69, 9.17) is 10.5 Å². The molecule has 28 heavy (non-hydrogen) atoms. The molecule has 1 aromatic heterocycles. The number of hydrogen-bond acceptors (Lipinski definition) is 6. The zero-order valence-corrected chi connectivity index (χ0v) is 16.6. The van der Waals surface area contributed by atoms with Crippen LogP contribution in [0.5, 0.6) is 5.75 Å². The predicted octanol–water partition coefficient (Wildman–Crippen LogP) is 1.55. The van der Waals surface area contributed by atoms with E-state index < -0.39 is 6.03 Å². The van der Waals surface area contributed by atoms with Gasteiger partial charge in [0.15, 0.2) is 0 Å². The zero-order valence-electron chi connectivity index (χ0n) is 15.8. The van der Waals surface area contributed by atoms with Crippen molar-refractivity contribution in [3.05, 3.63) is 35.9 Å². The molecule has 0 unspecified atom stereocenters. The number of nitrogens with two attached hydrogens (primary N) is 1. The van der Waals surface area contributed by atoms with E-state index >= 15 is 0 Å². The number of ether oxygens (including phenoxy) is 1. The van der Waals surface area contributed by atoms with Gasteiger partial charge in [0.05, 0.1) is 12.7 Å². The molecule has 2 aromatic rings. The number of hydrogen-bond donors (Lipinski definition) is 4. The molecule has 1 aliphatic heterocycles. The molecule has 1 aliphatic rings. The van der Waals surface area contributed by atoms with Crippen molar-refractivity contribution in [3.63, 3.8) is 0 Å². The summed E-state index contributed by atoms with van der Waals surface area (Å²) in [6.45, 7) is 5.23. The fraction of sp³-hybridized carbons (Fsp3) is 0.368. The highest BCUT2D eigenvalue weighted by Crippen LogP contribution is 2.36. The van der Waals surface area contributed by atoms with Gasteiger partial charge in [0.1, 0.15) is 10.8 Å². The third-order valence-corrected chi connectivity index (χ3v) is 5.61. The van der Waals surface area contributed by atoms with Gasteiger partial charge in [-0.05, 0) is 35.9 Å². The molecule has 5 N–H and O–H groups in total. The molecule has 0 spiro atoms. The number of carbonyl (C=O) groups is 2. The summed E-state index contributed by atoms with van der Waals surface area (Å²) in [5, 5.41) is 9.24. The van der Waals surface area contributed by atoms with E-state index in [1.807, 2.05) is 24.3 Å². The zero-order chi connectivity index (χ0) is 19.9. The number of thiophene rings is 1. The Morgan fingerprint density at radius 3 is 2.61 bits per heavy atom. The molecule has 0 radical (unpaired) electrons. The van der Waals surface area contributed by atoms with Crippen LogP contribution in [0.4, 0.5) is 9.80 Å². The number of piperazine rings is 1. The Morgan fingerprint density at radius 1 is 1.25 bits per heavy atom. The van der Waals surface area contributed by atoms with Gasteiger partial charge in [-0.25, -0.2) is 4.79 Å². The van der Waals surface area contributed by atoms with Crippen molar-refractivity contribution in [1.82, 2.24) is 15.5 Å². The molecule has 1 saturated heterocycles. The molecular weight excluding hydrogens is 378 g/mol. The Bertz CT molecular complexity index is 815. The van der Waals surface area contributed by atoms with E-state index in [1.54, 1.807) is 13.2 Å². The summed E-state index contributed by atoms with van der Waals surface area (Å²) >= 11 is 1.31.